The molecule has 1 heterocycles. The number of nitrogen functional groups attached to an aromatic ring is 1. The summed E-state index contributed by atoms with van der Waals surface area (Å²) in [5.74, 6) is 0.935. The van der Waals surface area contributed by atoms with Gasteiger partial charge in [-0.05, 0) is 61.1 Å². The first-order valence-electron chi connectivity index (χ1n) is 6.73. The second kappa shape index (κ2) is 4.57. The van der Waals surface area contributed by atoms with E-state index in [-0.39, 0.29) is 0 Å². The molecule has 1 aromatic heterocycles. The molecule has 0 aliphatic heterocycles. The Balaban J connectivity index is 1.94. The number of pyridine rings is 1. The van der Waals surface area contributed by atoms with Crippen LogP contribution in [0.2, 0.25) is 0 Å². The first-order chi connectivity index (χ1) is 9.15. The van der Waals surface area contributed by atoms with E-state index in [4.69, 9.17) is 5.73 Å². The number of benzene rings is 1. The van der Waals surface area contributed by atoms with Gasteiger partial charge in [-0.1, -0.05) is 6.07 Å². The zero-order valence-electron chi connectivity index (χ0n) is 11.5. The van der Waals surface area contributed by atoms with Crippen LogP contribution in [0.15, 0.2) is 30.5 Å². The minimum absolute atomic E-state index is 0.742. The van der Waals surface area contributed by atoms with Gasteiger partial charge in [0, 0.05) is 12.7 Å². The van der Waals surface area contributed by atoms with Crippen molar-refractivity contribution in [2.45, 2.75) is 26.2 Å². The van der Waals surface area contributed by atoms with E-state index >= 15 is 0 Å². The summed E-state index contributed by atoms with van der Waals surface area (Å²) in [5.41, 5.74) is 11.8. The second-order valence-corrected chi connectivity index (χ2v) is 5.26. The van der Waals surface area contributed by atoms with Crippen LogP contribution in [0.5, 0.6) is 0 Å². The Morgan fingerprint density at radius 2 is 1.95 bits per heavy atom. The molecule has 0 spiro atoms. The fourth-order valence-electron chi connectivity index (χ4n) is 2.63. The van der Waals surface area contributed by atoms with Crippen molar-refractivity contribution in [2.24, 2.45) is 0 Å². The number of nitrogens with two attached hydrogens (primary N) is 1. The van der Waals surface area contributed by atoms with Crippen LogP contribution in [0.1, 0.15) is 23.1 Å². The summed E-state index contributed by atoms with van der Waals surface area (Å²) in [6.07, 6.45) is 5.43. The Hall–Kier alpha value is -2.03. The summed E-state index contributed by atoms with van der Waals surface area (Å²) in [6.45, 7) is 2.01. The van der Waals surface area contributed by atoms with Gasteiger partial charge in [0.1, 0.15) is 5.82 Å². The van der Waals surface area contributed by atoms with Crippen molar-refractivity contribution in [1.29, 1.82) is 0 Å². The van der Waals surface area contributed by atoms with Gasteiger partial charge in [0.05, 0.1) is 11.9 Å². The number of hydrogen-bond donors (Lipinski definition) is 1. The van der Waals surface area contributed by atoms with Gasteiger partial charge >= 0.3 is 0 Å². The highest BCUT2D eigenvalue weighted by atomic mass is 15.2. The predicted octanol–water partition coefficient (Wildman–Crippen LogP) is 3.23. The molecular formula is C16H19N3. The van der Waals surface area contributed by atoms with Gasteiger partial charge in [-0.15, -0.1) is 0 Å². The fourth-order valence-corrected chi connectivity index (χ4v) is 2.63. The lowest BCUT2D eigenvalue weighted by atomic mass is 10.1. The number of hydrogen-bond acceptors (Lipinski definition) is 3. The number of rotatable bonds is 2. The molecule has 3 heteroatoms. The molecule has 0 fully saturated rings. The van der Waals surface area contributed by atoms with Gasteiger partial charge in [-0.3, -0.25) is 0 Å². The van der Waals surface area contributed by atoms with Crippen molar-refractivity contribution < 1.29 is 0 Å². The van der Waals surface area contributed by atoms with Crippen molar-refractivity contribution >= 4 is 17.2 Å². The van der Waals surface area contributed by atoms with E-state index in [0.29, 0.717) is 0 Å². The highest BCUT2D eigenvalue weighted by Crippen LogP contribution is 2.29. The molecule has 0 bridgehead atoms. The number of nitrogens with zero attached hydrogens (tertiary/aromatic N) is 2. The molecule has 1 aromatic carbocycles. The molecule has 3 nitrogen and oxygen atoms in total. The summed E-state index contributed by atoms with van der Waals surface area (Å²) in [6, 6.07) is 8.74. The lowest BCUT2D eigenvalue weighted by molar-refractivity contribution is 0.911. The van der Waals surface area contributed by atoms with Crippen LogP contribution in [0, 0.1) is 6.92 Å². The molecule has 98 valence electrons. The number of aryl methyl sites for hydroxylation is 3. The first kappa shape index (κ1) is 12.0. The largest absolute Gasteiger partial charge is 0.397 e. The summed E-state index contributed by atoms with van der Waals surface area (Å²) in [4.78, 5) is 6.53. The van der Waals surface area contributed by atoms with Crippen molar-refractivity contribution in [2.75, 3.05) is 17.7 Å². The molecule has 0 atom stereocenters. The Kier molecular flexibility index (Phi) is 2.90. The summed E-state index contributed by atoms with van der Waals surface area (Å²) in [5, 5.41) is 0. The van der Waals surface area contributed by atoms with E-state index in [1.807, 2.05) is 13.0 Å². The SMILES string of the molecule is Cc1cc(N(C)c2ccc3c(c2)CCC3)ncc1N. The number of fused-ring (bicyclic) bond motifs is 1. The molecule has 0 amide bonds. The van der Waals surface area contributed by atoms with E-state index in [9.17, 15) is 0 Å². The Morgan fingerprint density at radius 3 is 2.74 bits per heavy atom. The topological polar surface area (TPSA) is 42.2 Å². The highest BCUT2D eigenvalue weighted by Gasteiger charge is 2.13. The number of aromatic nitrogens is 1. The average Bonchev–Trinajstić information content (AvgIpc) is 2.88. The van der Waals surface area contributed by atoms with Crippen molar-refractivity contribution in [3.8, 4) is 0 Å². The van der Waals surface area contributed by atoms with Gasteiger partial charge in [-0.2, -0.15) is 0 Å². The molecule has 1 aliphatic carbocycles. The molecule has 0 saturated carbocycles. The van der Waals surface area contributed by atoms with E-state index in [1.54, 1.807) is 6.20 Å². The minimum Gasteiger partial charge on any atom is -0.397 e. The third-order valence-electron chi connectivity index (χ3n) is 3.95. The van der Waals surface area contributed by atoms with Gasteiger partial charge in [-0.25, -0.2) is 4.98 Å². The Morgan fingerprint density at radius 1 is 1.16 bits per heavy atom. The summed E-state index contributed by atoms with van der Waals surface area (Å²) < 4.78 is 0. The summed E-state index contributed by atoms with van der Waals surface area (Å²) in [7, 11) is 2.05. The van der Waals surface area contributed by atoms with Crippen LogP contribution in [0.3, 0.4) is 0 Å². The molecule has 0 unspecified atom stereocenters. The molecule has 2 aromatic rings. The minimum atomic E-state index is 0.742. The maximum Gasteiger partial charge on any atom is 0.133 e. The van der Waals surface area contributed by atoms with Gasteiger partial charge in [0.15, 0.2) is 0 Å². The maximum absolute atomic E-state index is 5.82. The monoisotopic (exact) mass is 253 g/mol. The third-order valence-corrected chi connectivity index (χ3v) is 3.95. The van der Waals surface area contributed by atoms with Crippen LogP contribution in [0.4, 0.5) is 17.2 Å². The fraction of sp³-hybridized carbons (Fsp3) is 0.312. The van der Waals surface area contributed by atoms with Crippen LogP contribution < -0.4 is 10.6 Å². The molecule has 19 heavy (non-hydrogen) atoms. The maximum atomic E-state index is 5.82. The highest BCUT2D eigenvalue weighted by molar-refractivity contribution is 5.63. The molecular weight excluding hydrogens is 234 g/mol. The Bertz CT molecular complexity index is 619. The smallest absolute Gasteiger partial charge is 0.133 e. The van der Waals surface area contributed by atoms with Crippen molar-refractivity contribution in [3.63, 3.8) is 0 Å². The standard InChI is InChI=1S/C16H19N3/c1-11-8-16(18-10-15(11)17)19(2)14-7-6-12-4-3-5-13(12)9-14/h6-10H,3-5,17H2,1-2H3. The van der Waals surface area contributed by atoms with E-state index in [0.717, 1.165) is 17.1 Å². The molecule has 2 N–H and O–H groups in total. The third kappa shape index (κ3) is 2.16. The lowest BCUT2D eigenvalue weighted by Gasteiger charge is -2.20. The summed E-state index contributed by atoms with van der Waals surface area (Å²) >= 11 is 0. The van der Waals surface area contributed by atoms with Crippen LogP contribution >= 0.6 is 0 Å². The zero-order chi connectivity index (χ0) is 13.4. The van der Waals surface area contributed by atoms with E-state index in [1.165, 1.54) is 36.1 Å². The van der Waals surface area contributed by atoms with E-state index in [2.05, 4.69) is 35.1 Å². The van der Waals surface area contributed by atoms with Gasteiger partial charge in [0.25, 0.3) is 0 Å². The van der Waals surface area contributed by atoms with Crippen molar-refractivity contribution in [3.05, 3.63) is 47.2 Å². The molecule has 0 radical (unpaired) electrons. The predicted molar refractivity (Wildman–Crippen MR) is 79.9 cm³/mol. The normalized spacial score (nSPS) is 13.4. The lowest BCUT2D eigenvalue weighted by Crippen LogP contribution is -2.12. The number of anilines is 3. The quantitative estimate of drug-likeness (QED) is 0.893. The van der Waals surface area contributed by atoms with Crippen LogP contribution in [0.25, 0.3) is 0 Å². The van der Waals surface area contributed by atoms with E-state index < -0.39 is 0 Å². The van der Waals surface area contributed by atoms with Crippen molar-refractivity contribution in [1.82, 2.24) is 4.98 Å². The zero-order valence-corrected chi connectivity index (χ0v) is 11.5. The van der Waals surface area contributed by atoms with Crippen LogP contribution in [-0.4, -0.2) is 12.0 Å². The molecule has 0 saturated heterocycles. The van der Waals surface area contributed by atoms with Gasteiger partial charge < -0.3 is 10.6 Å². The second-order valence-electron chi connectivity index (χ2n) is 5.26. The Labute approximate surface area is 114 Å². The molecule has 1 aliphatic rings. The van der Waals surface area contributed by atoms with Gasteiger partial charge in [0.2, 0.25) is 0 Å². The molecule has 3 rings (SSSR count). The van der Waals surface area contributed by atoms with Crippen LogP contribution in [-0.2, 0) is 12.8 Å². The average molecular weight is 253 g/mol. The first-order valence-corrected chi connectivity index (χ1v) is 6.73.